The lowest BCUT2D eigenvalue weighted by Gasteiger charge is -2.10. The van der Waals surface area contributed by atoms with Crippen LogP contribution in [0.4, 0.5) is 8.78 Å². The third kappa shape index (κ3) is 4.05. The predicted octanol–water partition coefficient (Wildman–Crippen LogP) is 4.13. The number of hydrogen-bond acceptors (Lipinski definition) is 5. The molecule has 0 saturated heterocycles. The fourth-order valence-corrected chi connectivity index (χ4v) is 2.57. The first kappa shape index (κ1) is 18.4. The lowest BCUT2D eigenvalue weighted by Crippen LogP contribution is -2.03. The van der Waals surface area contributed by atoms with E-state index in [1.807, 2.05) is 0 Å². The highest BCUT2D eigenvalue weighted by Gasteiger charge is 2.13. The lowest BCUT2D eigenvalue weighted by atomic mass is 10.2. The van der Waals surface area contributed by atoms with Gasteiger partial charge in [-0.05, 0) is 35.9 Å². The topological polar surface area (TPSA) is 73.4 Å². The van der Waals surface area contributed by atoms with Crippen molar-refractivity contribution in [2.75, 3.05) is 14.2 Å². The maximum atomic E-state index is 12.5. The average Bonchev–Trinajstić information content (AvgIpc) is 3.08. The third-order valence-corrected chi connectivity index (χ3v) is 3.77. The van der Waals surface area contributed by atoms with Gasteiger partial charge in [0.05, 0.1) is 25.3 Å². The quantitative estimate of drug-likeness (QED) is 0.657. The summed E-state index contributed by atoms with van der Waals surface area (Å²) in [5.74, 6) is 0.159. The molecule has 3 aromatic rings. The number of benzene rings is 2. The number of nitrogens with zero attached hydrogens (tertiary/aromatic N) is 1. The Labute approximate surface area is 153 Å². The third-order valence-electron chi connectivity index (χ3n) is 3.77. The van der Waals surface area contributed by atoms with Crippen LogP contribution in [0.3, 0.4) is 0 Å². The number of fused-ring (bicyclic) bond motifs is 1. The summed E-state index contributed by atoms with van der Waals surface area (Å²) in [6.07, 6.45) is 3.34. The summed E-state index contributed by atoms with van der Waals surface area (Å²) in [7, 11) is 2.67. The molecule has 0 radical (unpaired) electrons. The van der Waals surface area contributed by atoms with E-state index in [2.05, 4.69) is 14.7 Å². The predicted molar refractivity (Wildman–Crippen MR) is 96.0 cm³/mol. The van der Waals surface area contributed by atoms with Gasteiger partial charge in [-0.3, -0.25) is 0 Å². The first-order chi connectivity index (χ1) is 13.0. The van der Waals surface area contributed by atoms with Crippen molar-refractivity contribution in [1.29, 1.82) is 0 Å². The van der Waals surface area contributed by atoms with Crippen LogP contribution in [0.5, 0.6) is 11.5 Å². The number of carbonyl (C=O) groups excluding carboxylic acids is 1. The summed E-state index contributed by atoms with van der Waals surface area (Å²) in [5.41, 5.74) is 2.12. The Morgan fingerprint density at radius 2 is 1.96 bits per heavy atom. The highest BCUT2D eigenvalue weighted by molar-refractivity contribution is 6.02. The van der Waals surface area contributed by atoms with E-state index in [0.29, 0.717) is 28.0 Å². The number of para-hydroxylation sites is 1. The fraction of sp³-hybridized carbons (Fsp3) is 0.158. The highest BCUT2D eigenvalue weighted by atomic mass is 19.3. The normalized spacial score (nSPS) is 11.3. The SMILES string of the molecule is COC(=O)c1cccc2[nH]c(/C=C/c3ccc(OC)c(OC(F)F)c3)nc12. The second kappa shape index (κ2) is 7.86. The number of H-pyrrole nitrogens is 1. The first-order valence-corrected chi connectivity index (χ1v) is 7.90. The number of nitrogens with one attached hydrogen (secondary N) is 1. The summed E-state index contributed by atoms with van der Waals surface area (Å²) in [6.45, 7) is -2.95. The molecule has 0 amide bonds. The van der Waals surface area contributed by atoms with Crippen LogP contribution in [-0.2, 0) is 4.74 Å². The van der Waals surface area contributed by atoms with Crippen molar-refractivity contribution in [3.05, 3.63) is 53.3 Å². The van der Waals surface area contributed by atoms with Gasteiger partial charge in [0, 0.05) is 0 Å². The van der Waals surface area contributed by atoms with Crippen LogP contribution in [0.1, 0.15) is 21.7 Å². The van der Waals surface area contributed by atoms with Crippen LogP contribution < -0.4 is 9.47 Å². The summed E-state index contributed by atoms with van der Waals surface area (Å²) < 4.78 is 39.3. The second-order valence-electron chi connectivity index (χ2n) is 5.44. The van der Waals surface area contributed by atoms with Crippen LogP contribution in [0.15, 0.2) is 36.4 Å². The molecule has 6 nitrogen and oxygen atoms in total. The molecule has 0 unspecified atom stereocenters. The van der Waals surface area contributed by atoms with Gasteiger partial charge in [-0.2, -0.15) is 8.78 Å². The summed E-state index contributed by atoms with van der Waals surface area (Å²) in [6, 6.07) is 9.79. The minimum absolute atomic E-state index is 0.0627. The minimum Gasteiger partial charge on any atom is -0.493 e. The van der Waals surface area contributed by atoms with Crippen molar-refractivity contribution < 1.29 is 27.8 Å². The largest absolute Gasteiger partial charge is 0.493 e. The number of hydrogen-bond donors (Lipinski definition) is 1. The average molecular weight is 374 g/mol. The molecule has 0 bridgehead atoms. The number of aromatic amines is 1. The smallest absolute Gasteiger partial charge is 0.387 e. The molecule has 1 N–H and O–H groups in total. The molecule has 8 heteroatoms. The van der Waals surface area contributed by atoms with Crippen molar-refractivity contribution in [2.24, 2.45) is 0 Å². The minimum atomic E-state index is -2.95. The van der Waals surface area contributed by atoms with Crippen molar-refractivity contribution in [1.82, 2.24) is 9.97 Å². The maximum absolute atomic E-state index is 12.5. The molecule has 3 rings (SSSR count). The molecular weight excluding hydrogens is 358 g/mol. The van der Waals surface area contributed by atoms with E-state index >= 15 is 0 Å². The molecule has 140 valence electrons. The van der Waals surface area contributed by atoms with Crippen molar-refractivity contribution in [3.8, 4) is 11.5 Å². The van der Waals surface area contributed by atoms with Gasteiger partial charge in [-0.25, -0.2) is 9.78 Å². The van der Waals surface area contributed by atoms with Crippen LogP contribution in [0.2, 0.25) is 0 Å². The molecular formula is C19H16F2N2O4. The fourth-order valence-electron chi connectivity index (χ4n) is 2.57. The van der Waals surface area contributed by atoms with E-state index in [1.165, 1.54) is 26.4 Å². The Bertz CT molecular complexity index is 999. The van der Waals surface area contributed by atoms with Gasteiger partial charge < -0.3 is 19.2 Å². The van der Waals surface area contributed by atoms with Gasteiger partial charge in [-0.15, -0.1) is 0 Å². The Kier molecular flexibility index (Phi) is 5.35. The number of alkyl halides is 2. The molecule has 0 fully saturated rings. The molecule has 1 heterocycles. The van der Waals surface area contributed by atoms with Crippen molar-refractivity contribution >= 4 is 29.2 Å². The standard InChI is InChI=1S/C19H16F2N2O4/c1-25-14-8-6-11(10-15(14)27-19(20)21)7-9-16-22-13-5-3-4-12(17(13)23-16)18(24)26-2/h3-10,19H,1-2H3,(H,22,23)/b9-7+. The van der Waals surface area contributed by atoms with Crippen LogP contribution >= 0.6 is 0 Å². The van der Waals surface area contributed by atoms with Crippen molar-refractivity contribution in [2.45, 2.75) is 6.61 Å². The number of ether oxygens (including phenoxy) is 3. The van der Waals surface area contributed by atoms with Gasteiger partial charge in [0.15, 0.2) is 11.5 Å². The molecule has 0 spiro atoms. The van der Waals surface area contributed by atoms with Gasteiger partial charge in [0.1, 0.15) is 11.3 Å². The van der Waals surface area contributed by atoms with E-state index in [9.17, 15) is 13.6 Å². The van der Waals surface area contributed by atoms with E-state index in [4.69, 9.17) is 9.47 Å². The van der Waals surface area contributed by atoms with Crippen LogP contribution in [0.25, 0.3) is 23.2 Å². The van der Waals surface area contributed by atoms with Crippen LogP contribution in [0, 0.1) is 0 Å². The van der Waals surface area contributed by atoms with E-state index in [0.717, 1.165) is 0 Å². The molecule has 0 saturated carbocycles. The number of methoxy groups -OCH3 is 2. The molecule has 0 aliphatic carbocycles. The second-order valence-corrected chi connectivity index (χ2v) is 5.44. The molecule has 27 heavy (non-hydrogen) atoms. The summed E-state index contributed by atoms with van der Waals surface area (Å²) in [4.78, 5) is 19.3. The first-order valence-electron chi connectivity index (χ1n) is 7.90. The number of rotatable bonds is 6. The summed E-state index contributed by atoms with van der Waals surface area (Å²) >= 11 is 0. The Balaban J connectivity index is 1.91. The van der Waals surface area contributed by atoms with Gasteiger partial charge in [0.25, 0.3) is 0 Å². The van der Waals surface area contributed by atoms with E-state index < -0.39 is 12.6 Å². The number of halogens is 2. The zero-order chi connectivity index (χ0) is 19.4. The van der Waals surface area contributed by atoms with E-state index in [1.54, 1.807) is 36.4 Å². The number of esters is 1. The lowest BCUT2D eigenvalue weighted by molar-refractivity contribution is -0.0512. The van der Waals surface area contributed by atoms with Crippen LogP contribution in [-0.4, -0.2) is 36.8 Å². The number of imidazole rings is 1. The Hall–Kier alpha value is -3.42. The van der Waals surface area contributed by atoms with Gasteiger partial charge in [-0.1, -0.05) is 18.2 Å². The highest BCUT2D eigenvalue weighted by Crippen LogP contribution is 2.30. The zero-order valence-electron chi connectivity index (χ0n) is 14.5. The summed E-state index contributed by atoms with van der Waals surface area (Å²) in [5, 5.41) is 0. The molecule has 0 aliphatic rings. The van der Waals surface area contributed by atoms with E-state index in [-0.39, 0.29) is 11.5 Å². The molecule has 0 atom stereocenters. The van der Waals surface area contributed by atoms with Crippen molar-refractivity contribution in [3.63, 3.8) is 0 Å². The molecule has 2 aromatic carbocycles. The Morgan fingerprint density at radius 1 is 1.15 bits per heavy atom. The molecule has 0 aliphatic heterocycles. The molecule has 1 aromatic heterocycles. The monoisotopic (exact) mass is 374 g/mol. The van der Waals surface area contributed by atoms with Gasteiger partial charge in [0.2, 0.25) is 0 Å². The number of aromatic nitrogens is 2. The maximum Gasteiger partial charge on any atom is 0.387 e. The van der Waals surface area contributed by atoms with Gasteiger partial charge >= 0.3 is 12.6 Å². The Morgan fingerprint density at radius 3 is 2.67 bits per heavy atom. The number of carbonyl (C=O) groups is 1. The zero-order valence-corrected chi connectivity index (χ0v) is 14.5.